The van der Waals surface area contributed by atoms with Crippen LogP contribution in [-0.4, -0.2) is 59.0 Å². The van der Waals surface area contributed by atoms with E-state index in [1.54, 1.807) is 26.4 Å². The molecule has 3 heterocycles. The SMILES string of the molecule is COc1ccc(-c2n[nH]c3c2[C@@H](c2ccc(O)c(OC)c2)N(CCc2c[nH]c4ccc(OC)cc24)C3=O)cc1. The second-order valence-corrected chi connectivity index (χ2v) is 9.40. The fourth-order valence-electron chi connectivity index (χ4n) is 5.34. The fraction of sp³-hybridized carbons (Fsp3) is 0.200. The van der Waals surface area contributed by atoms with Crippen LogP contribution in [0.5, 0.6) is 23.0 Å². The maximum Gasteiger partial charge on any atom is 0.273 e. The summed E-state index contributed by atoms with van der Waals surface area (Å²) in [5.74, 6) is 1.75. The van der Waals surface area contributed by atoms with E-state index < -0.39 is 6.04 Å². The van der Waals surface area contributed by atoms with Gasteiger partial charge < -0.3 is 29.2 Å². The lowest BCUT2D eigenvalue weighted by Gasteiger charge is -2.27. The number of hydrogen-bond acceptors (Lipinski definition) is 6. The van der Waals surface area contributed by atoms with Gasteiger partial charge in [0.25, 0.3) is 5.91 Å². The summed E-state index contributed by atoms with van der Waals surface area (Å²) in [6.07, 6.45) is 2.60. The van der Waals surface area contributed by atoms with Gasteiger partial charge in [0.1, 0.15) is 17.2 Å². The first-order chi connectivity index (χ1) is 19.0. The monoisotopic (exact) mass is 524 g/mol. The van der Waals surface area contributed by atoms with E-state index in [4.69, 9.17) is 14.2 Å². The number of methoxy groups -OCH3 is 3. The summed E-state index contributed by atoms with van der Waals surface area (Å²) in [7, 11) is 4.78. The Labute approximate surface area is 224 Å². The van der Waals surface area contributed by atoms with Gasteiger partial charge in [-0.05, 0) is 72.1 Å². The molecule has 6 rings (SSSR count). The van der Waals surface area contributed by atoms with Gasteiger partial charge in [-0.2, -0.15) is 5.10 Å². The molecule has 0 saturated heterocycles. The number of aromatic hydroxyl groups is 1. The van der Waals surface area contributed by atoms with E-state index in [0.717, 1.165) is 44.7 Å². The summed E-state index contributed by atoms with van der Waals surface area (Å²) < 4.78 is 16.1. The van der Waals surface area contributed by atoms with Crippen molar-refractivity contribution >= 4 is 16.8 Å². The van der Waals surface area contributed by atoms with Gasteiger partial charge in [-0.1, -0.05) is 6.07 Å². The Kier molecular flexibility index (Phi) is 6.11. The number of rotatable bonds is 8. The van der Waals surface area contributed by atoms with Gasteiger partial charge in [0.15, 0.2) is 11.5 Å². The van der Waals surface area contributed by atoms with E-state index in [9.17, 15) is 9.90 Å². The molecule has 1 amide bonds. The molecule has 2 aromatic heterocycles. The van der Waals surface area contributed by atoms with Gasteiger partial charge in [-0.3, -0.25) is 9.89 Å². The molecule has 1 aliphatic heterocycles. The molecule has 1 aliphatic rings. The Bertz CT molecular complexity index is 1670. The summed E-state index contributed by atoms with van der Waals surface area (Å²) in [5, 5.41) is 18.8. The molecule has 39 heavy (non-hydrogen) atoms. The van der Waals surface area contributed by atoms with Crippen molar-refractivity contribution in [3.05, 3.63) is 89.2 Å². The number of hydrogen-bond donors (Lipinski definition) is 3. The van der Waals surface area contributed by atoms with Crippen molar-refractivity contribution in [3.8, 4) is 34.3 Å². The molecule has 9 heteroatoms. The number of fused-ring (bicyclic) bond motifs is 2. The quantitative estimate of drug-likeness (QED) is 0.261. The van der Waals surface area contributed by atoms with Crippen LogP contribution in [0.2, 0.25) is 0 Å². The predicted octanol–water partition coefficient (Wildman–Crippen LogP) is 5.08. The molecule has 3 aromatic carbocycles. The number of phenols is 1. The molecule has 3 N–H and O–H groups in total. The van der Waals surface area contributed by atoms with Crippen LogP contribution in [0.4, 0.5) is 0 Å². The molecule has 0 aliphatic carbocycles. The van der Waals surface area contributed by atoms with Crippen LogP contribution < -0.4 is 14.2 Å². The van der Waals surface area contributed by atoms with Crippen LogP contribution in [0.25, 0.3) is 22.2 Å². The normalized spacial score (nSPS) is 14.6. The summed E-state index contributed by atoms with van der Waals surface area (Å²) in [5.41, 5.74) is 5.71. The number of phenolic OH excluding ortho intramolecular Hbond substituents is 1. The number of aromatic amines is 2. The number of amides is 1. The zero-order chi connectivity index (χ0) is 27.1. The standard InChI is InChI=1S/C30H28N4O5/c1-37-20-7-4-17(5-8-20)27-26-28(33-32-27)30(36)34(29(26)18-6-11-24(35)25(14-18)39-3)13-12-19-16-31-23-10-9-21(38-2)15-22(19)23/h4-11,14-16,29,31,35H,12-13H2,1-3H3,(H,32,33)/t29-/m1/s1. The lowest BCUT2D eigenvalue weighted by molar-refractivity contribution is 0.0746. The van der Waals surface area contributed by atoms with E-state index >= 15 is 0 Å². The van der Waals surface area contributed by atoms with E-state index in [-0.39, 0.29) is 11.7 Å². The summed E-state index contributed by atoms with van der Waals surface area (Å²) in [6.45, 7) is 0.460. The Morgan fingerprint density at radius 1 is 0.949 bits per heavy atom. The van der Waals surface area contributed by atoms with Crippen molar-refractivity contribution in [2.24, 2.45) is 0 Å². The lowest BCUT2D eigenvalue weighted by Crippen LogP contribution is -2.31. The van der Waals surface area contributed by atoms with Gasteiger partial charge in [0.2, 0.25) is 0 Å². The Morgan fingerprint density at radius 3 is 2.46 bits per heavy atom. The Hall–Kier alpha value is -4.92. The lowest BCUT2D eigenvalue weighted by atomic mass is 9.95. The third-order valence-corrected chi connectivity index (χ3v) is 7.34. The first-order valence-electron chi connectivity index (χ1n) is 12.6. The summed E-state index contributed by atoms with van der Waals surface area (Å²) in [6, 6.07) is 18.3. The molecular formula is C30H28N4O5. The van der Waals surface area contributed by atoms with Crippen molar-refractivity contribution < 1.29 is 24.1 Å². The Balaban J connectivity index is 1.41. The van der Waals surface area contributed by atoms with Crippen LogP contribution in [-0.2, 0) is 6.42 Å². The third-order valence-electron chi connectivity index (χ3n) is 7.34. The maximum atomic E-state index is 13.8. The molecule has 0 spiro atoms. The zero-order valence-corrected chi connectivity index (χ0v) is 21.8. The highest BCUT2D eigenvalue weighted by Gasteiger charge is 2.42. The van der Waals surface area contributed by atoms with Crippen molar-refractivity contribution in [1.82, 2.24) is 20.1 Å². The highest BCUT2D eigenvalue weighted by molar-refractivity contribution is 6.00. The predicted molar refractivity (Wildman–Crippen MR) is 147 cm³/mol. The fourth-order valence-corrected chi connectivity index (χ4v) is 5.34. The van der Waals surface area contributed by atoms with Crippen LogP contribution in [0, 0.1) is 0 Å². The van der Waals surface area contributed by atoms with Gasteiger partial charge in [0.05, 0.1) is 33.1 Å². The molecule has 0 fully saturated rings. The molecule has 9 nitrogen and oxygen atoms in total. The van der Waals surface area contributed by atoms with Crippen molar-refractivity contribution in [3.63, 3.8) is 0 Å². The van der Waals surface area contributed by atoms with E-state index in [1.165, 1.54) is 7.11 Å². The first-order valence-corrected chi connectivity index (χ1v) is 12.6. The zero-order valence-electron chi connectivity index (χ0n) is 21.8. The summed E-state index contributed by atoms with van der Waals surface area (Å²) in [4.78, 5) is 19.0. The van der Waals surface area contributed by atoms with Crippen LogP contribution in [0.3, 0.4) is 0 Å². The third kappa shape index (κ3) is 4.12. The molecular weight excluding hydrogens is 496 g/mol. The summed E-state index contributed by atoms with van der Waals surface area (Å²) >= 11 is 0. The minimum Gasteiger partial charge on any atom is -0.504 e. The van der Waals surface area contributed by atoms with Crippen molar-refractivity contribution in [1.29, 1.82) is 0 Å². The topological polar surface area (TPSA) is 113 Å². The number of H-pyrrole nitrogens is 2. The van der Waals surface area contributed by atoms with Crippen LogP contribution in [0.1, 0.15) is 33.2 Å². The molecule has 0 unspecified atom stereocenters. The number of carbonyl (C=O) groups is 1. The molecule has 0 bridgehead atoms. The van der Waals surface area contributed by atoms with Gasteiger partial charge >= 0.3 is 0 Å². The number of benzene rings is 3. The van der Waals surface area contributed by atoms with Crippen LogP contribution in [0.15, 0.2) is 66.9 Å². The van der Waals surface area contributed by atoms with E-state index in [1.807, 2.05) is 59.6 Å². The minimum atomic E-state index is -0.433. The number of aromatic nitrogens is 3. The molecule has 198 valence electrons. The average molecular weight is 525 g/mol. The highest BCUT2D eigenvalue weighted by atomic mass is 16.5. The molecule has 5 aromatic rings. The molecule has 0 saturated carbocycles. The van der Waals surface area contributed by atoms with Crippen molar-refractivity contribution in [2.75, 3.05) is 27.9 Å². The van der Waals surface area contributed by atoms with E-state index in [2.05, 4.69) is 15.2 Å². The van der Waals surface area contributed by atoms with Gasteiger partial charge in [-0.15, -0.1) is 0 Å². The number of ether oxygens (including phenoxy) is 3. The first kappa shape index (κ1) is 24.4. The second kappa shape index (κ2) is 9.75. The largest absolute Gasteiger partial charge is 0.504 e. The van der Waals surface area contributed by atoms with Crippen LogP contribution >= 0.6 is 0 Å². The highest BCUT2D eigenvalue weighted by Crippen LogP contribution is 2.44. The number of carbonyl (C=O) groups excluding carboxylic acids is 1. The van der Waals surface area contributed by atoms with Crippen molar-refractivity contribution in [2.45, 2.75) is 12.5 Å². The molecule has 0 radical (unpaired) electrons. The van der Waals surface area contributed by atoms with Gasteiger partial charge in [0, 0.05) is 34.8 Å². The second-order valence-electron chi connectivity index (χ2n) is 9.40. The average Bonchev–Trinajstić information content (AvgIpc) is 3.66. The minimum absolute atomic E-state index is 0.0349. The molecule has 1 atom stereocenters. The smallest absolute Gasteiger partial charge is 0.273 e. The maximum absolute atomic E-state index is 13.8. The number of nitrogens with zero attached hydrogens (tertiary/aromatic N) is 2. The number of nitrogens with one attached hydrogen (secondary N) is 2. The van der Waals surface area contributed by atoms with E-state index in [0.29, 0.717) is 30.1 Å². The van der Waals surface area contributed by atoms with Gasteiger partial charge in [-0.25, -0.2) is 0 Å². The Morgan fingerprint density at radius 2 is 1.72 bits per heavy atom.